The largest absolute Gasteiger partial charge is 0.368 e. The number of carbonyl (C=O) groups is 2. The third-order valence-corrected chi connectivity index (χ3v) is 5.26. The number of benzene rings is 2. The van der Waals surface area contributed by atoms with Gasteiger partial charge in [0, 0.05) is 43.4 Å². The van der Waals surface area contributed by atoms with Crippen LogP contribution in [0.5, 0.6) is 0 Å². The van der Waals surface area contributed by atoms with Gasteiger partial charge in [0.2, 0.25) is 5.91 Å². The Labute approximate surface area is 176 Å². The Bertz CT molecular complexity index is 823. The summed E-state index contributed by atoms with van der Waals surface area (Å²) in [5.74, 6) is -0.174. The summed E-state index contributed by atoms with van der Waals surface area (Å²) in [5.41, 5.74) is 2.23. The van der Waals surface area contributed by atoms with Crippen molar-refractivity contribution in [2.75, 3.05) is 37.6 Å². The highest BCUT2D eigenvalue weighted by Crippen LogP contribution is 2.20. The molecule has 2 N–H and O–H groups in total. The molecule has 0 spiro atoms. The van der Waals surface area contributed by atoms with E-state index in [1.165, 1.54) is 5.56 Å². The number of carbonyl (C=O) groups excluding carboxylic acids is 2. The van der Waals surface area contributed by atoms with Gasteiger partial charge in [0.1, 0.15) is 6.04 Å². The lowest BCUT2D eigenvalue weighted by atomic mass is 10.1. The summed E-state index contributed by atoms with van der Waals surface area (Å²) >= 11 is 6.06. The van der Waals surface area contributed by atoms with E-state index in [1.807, 2.05) is 54.6 Å². The standard InChI is InChI=1S/C22H27ClN4O2/c1-17(21(28)24-11-10-18-6-3-2-4-7-18)25-22(29)27-14-12-26(13-15-27)20-9-5-8-19(23)16-20/h2-9,16-17H,10-15H2,1H3,(H,24,28)(H,25,29)/t17-/m0/s1. The molecule has 2 aromatic carbocycles. The Morgan fingerprint density at radius 2 is 1.76 bits per heavy atom. The van der Waals surface area contributed by atoms with Crippen LogP contribution in [0.4, 0.5) is 10.5 Å². The molecule has 3 rings (SSSR count). The molecule has 1 heterocycles. The van der Waals surface area contributed by atoms with Crippen molar-refractivity contribution in [2.45, 2.75) is 19.4 Å². The predicted octanol–water partition coefficient (Wildman–Crippen LogP) is 2.92. The molecule has 3 amide bonds. The average molecular weight is 415 g/mol. The van der Waals surface area contributed by atoms with Crippen LogP contribution >= 0.6 is 11.6 Å². The zero-order valence-electron chi connectivity index (χ0n) is 16.6. The van der Waals surface area contributed by atoms with Gasteiger partial charge in [-0.1, -0.05) is 48.0 Å². The van der Waals surface area contributed by atoms with E-state index in [1.54, 1.807) is 11.8 Å². The summed E-state index contributed by atoms with van der Waals surface area (Å²) in [4.78, 5) is 28.7. The third kappa shape index (κ3) is 6.12. The molecule has 154 valence electrons. The van der Waals surface area contributed by atoms with Crippen molar-refractivity contribution in [1.29, 1.82) is 0 Å². The van der Waals surface area contributed by atoms with Gasteiger partial charge in [-0.2, -0.15) is 0 Å². The van der Waals surface area contributed by atoms with Crippen LogP contribution in [-0.2, 0) is 11.2 Å². The number of nitrogens with one attached hydrogen (secondary N) is 2. The normalized spacial score (nSPS) is 15.0. The SMILES string of the molecule is C[C@H](NC(=O)N1CCN(c2cccc(Cl)c2)CC1)C(=O)NCCc1ccccc1. The zero-order chi connectivity index (χ0) is 20.6. The smallest absolute Gasteiger partial charge is 0.318 e. The summed E-state index contributed by atoms with van der Waals surface area (Å²) in [6.07, 6.45) is 0.763. The highest BCUT2D eigenvalue weighted by molar-refractivity contribution is 6.30. The van der Waals surface area contributed by atoms with Crippen LogP contribution in [0.1, 0.15) is 12.5 Å². The molecular formula is C22H27ClN4O2. The van der Waals surface area contributed by atoms with Crippen LogP contribution in [0.15, 0.2) is 54.6 Å². The van der Waals surface area contributed by atoms with E-state index in [9.17, 15) is 9.59 Å². The number of hydrogen-bond donors (Lipinski definition) is 2. The Morgan fingerprint density at radius 1 is 1.03 bits per heavy atom. The summed E-state index contributed by atoms with van der Waals surface area (Å²) < 4.78 is 0. The maximum atomic E-state index is 12.5. The Kier molecular flexibility index (Phi) is 7.36. The molecule has 7 heteroatoms. The molecule has 1 aliphatic rings. The maximum Gasteiger partial charge on any atom is 0.318 e. The van der Waals surface area contributed by atoms with Gasteiger partial charge in [-0.25, -0.2) is 4.79 Å². The summed E-state index contributed by atoms with van der Waals surface area (Å²) in [5, 5.41) is 6.38. The van der Waals surface area contributed by atoms with Crippen LogP contribution in [0.25, 0.3) is 0 Å². The van der Waals surface area contributed by atoms with Gasteiger partial charge in [-0.05, 0) is 37.1 Å². The monoisotopic (exact) mass is 414 g/mol. The topological polar surface area (TPSA) is 64.7 Å². The van der Waals surface area contributed by atoms with Gasteiger partial charge in [0.05, 0.1) is 0 Å². The Morgan fingerprint density at radius 3 is 2.45 bits per heavy atom. The summed E-state index contributed by atoms with van der Waals surface area (Å²) in [6.45, 7) is 4.90. The molecule has 1 saturated heterocycles. The van der Waals surface area contributed by atoms with Crippen LogP contribution in [-0.4, -0.2) is 55.6 Å². The number of urea groups is 1. The minimum absolute atomic E-state index is 0.174. The van der Waals surface area contributed by atoms with E-state index in [4.69, 9.17) is 11.6 Å². The Balaban J connectivity index is 1.40. The van der Waals surface area contributed by atoms with E-state index in [0.717, 1.165) is 25.2 Å². The maximum absolute atomic E-state index is 12.5. The van der Waals surface area contributed by atoms with Crippen molar-refractivity contribution in [1.82, 2.24) is 15.5 Å². The third-order valence-electron chi connectivity index (χ3n) is 5.03. The van der Waals surface area contributed by atoms with Gasteiger partial charge in [0.15, 0.2) is 0 Å². The molecular weight excluding hydrogens is 388 g/mol. The van der Waals surface area contributed by atoms with Gasteiger partial charge in [0.25, 0.3) is 0 Å². The van der Waals surface area contributed by atoms with Crippen LogP contribution in [0.2, 0.25) is 5.02 Å². The van der Waals surface area contributed by atoms with Gasteiger partial charge >= 0.3 is 6.03 Å². The fourth-order valence-electron chi connectivity index (χ4n) is 3.31. The first-order valence-corrected chi connectivity index (χ1v) is 10.3. The second-order valence-electron chi connectivity index (χ2n) is 7.15. The molecule has 6 nitrogen and oxygen atoms in total. The molecule has 0 radical (unpaired) electrons. The van der Waals surface area contributed by atoms with E-state index >= 15 is 0 Å². The highest BCUT2D eigenvalue weighted by Gasteiger charge is 2.24. The van der Waals surface area contributed by atoms with Gasteiger partial charge in [-0.3, -0.25) is 4.79 Å². The number of halogens is 1. The lowest BCUT2D eigenvalue weighted by Gasteiger charge is -2.36. The molecule has 2 aromatic rings. The number of rotatable bonds is 6. The number of piperazine rings is 1. The first kappa shape index (κ1) is 21.0. The van der Waals surface area contributed by atoms with Crippen LogP contribution in [0, 0.1) is 0 Å². The van der Waals surface area contributed by atoms with E-state index < -0.39 is 6.04 Å². The lowest BCUT2D eigenvalue weighted by molar-refractivity contribution is -0.122. The van der Waals surface area contributed by atoms with Crippen LogP contribution < -0.4 is 15.5 Å². The predicted molar refractivity (Wildman–Crippen MR) is 116 cm³/mol. The fraction of sp³-hybridized carbons (Fsp3) is 0.364. The van der Waals surface area contributed by atoms with Crippen molar-refractivity contribution >= 4 is 29.2 Å². The van der Waals surface area contributed by atoms with Crippen molar-refractivity contribution in [3.63, 3.8) is 0 Å². The first-order valence-electron chi connectivity index (χ1n) is 9.90. The van der Waals surface area contributed by atoms with E-state index in [0.29, 0.717) is 24.7 Å². The fourth-order valence-corrected chi connectivity index (χ4v) is 3.49. The molecule has 0 aliphatic carbocycles. The molecule has 1 atom stereocenters. The number of nitrogens with zero attached hydrogens (tertiary/aromatic N) is 2. The second kappa shape index (κ2) is 10.2. The highest BCUT2D eigenvalue weighted by atomic mass is 35.5. The number of amides is 3. The molecule has 0 bridgehead atoms. The average Bonchev–Trinajstić information content (AvgIpc) is 2.74. The minimum atomic E-state index is -0.579. The molecule has 1 aliphatic heterocycles. The van der Waals surface area contributed by atoms with Crippen molar-refractivity contribution in [3.8, 4) is 0 Å². The summed E-state index contributed by atoms with van der Waals surface area (Å²) in [7, 11) is 0. The molecule has 0 aromatic heterocycles. The summed E-state index contributed by atoms with van der Waals surface area (Å²) in [6, 6.07) is 16.9. The zero-order valence-corrected chi connectivity index (χ0v) is 17.4. The van der Waals surface area contributed by atoms with Crippen molar-refractivity contribution in [3.05, 3.63) is 65.2 Å². The number of hydrogen-bond acceptors (Lipinski definition) is 3. The van der Waals surface area contributed by atoms with Gasteiger partial charge < -0.3 is 20.4 Å². The van der Waals surface area contributed by atoms with Gasteiger partial charge in [-0.15, -0.1) is 0 Å². The van der Waals surface area contributed by atoms with E-state index in [-0.39, 0.29) is 11.9 Å². The Hall–Kier alpha value is -2.73. The molecule has 1 fully saturated rings. The number of anilines is 1. The minimum Gasteiger partial charge on any atom is -0.368 e. The molecule has 0 unspecified atom stereocenters. The second-order valence-corrected chi connectivity index (χ2v) is 7.59. The lowest BCUT2D eigenvalue weighted by Crippen LogP contribution is -2.55. The first-order chi connectivity index (χ1) is 14.0. The van der Waals surface area contributed by atoms with Crippen molar-refractivity contribution in [2.24, 2.45) is 0 Å². The quantitative estimate of drug-likeness (QED) is 0.763. The molecule has 0 saturated carbocycles. The van der Waals surface area contributed by atoms with Crippen LogP contribution in [0.3, 0.4) is 0 Å². The van der Waals surface area contributed by atoms with Crippen molar-refractivity contribution < 1.29 is 9.59 Å². The van der Waals surface area contributed by atoms with E-state index in [2.05, 4.69) is 15.5 Å². The molecule has 29 heavy (non-hydrogen) atoms.